The first-order chi connectivity index (χ1) is 15.2. The summed E-state index contributed by atoms with van der Waals surface area (Å²) in [4.78, 5) is 21.3. The minimum absolute atomic E-state index is 0.0388. The molecular formula is C23H21N3O4S. The Labute approximate surface area is 183 Å². The number of fused-ring (bicyclic) bond motifs is 1. The number of amides is 1. The lowest BCUT2D eigenvalue weighted by atomic mass is 10.1. The van der Waals surface area contributed by atoms with Crippen molar-refractivity contribution in [3.63, 3.8) is 0 Å². The fourth-order valence-electron chi connectivity index (χ4n) is 2.98. The molecule has 31 heavy (non-hydrogen) atoms. The number of hydrogen-bond acceptors (Lipinski definition) is 7. The van der Waals surface area contributed by atoms with E-state index in [1.807, 2.05) is 42.5 Å². The van der Waals surface area contributed by atoms with Crippen LogP contribution in [-0.4, -0.2) is 40.2 Å². The number of rotatable bonds is 9. The van der Waals surface area contributed by atoms with Crippen molar-refractivity contribution in [1.29, 1.82) is 0 Å². The van der Waals surface area contributed by atoms with Gasteiger partial charge in [0.15, 0.2) is 10.9 Å². The van der Waals surface area contributed by atoms with Crippen molar-refractivity contribution in [3.8, 4) is 5.75 Å². The molecular weight excluding hydrogens is 414 g/mol. The number of aliphatic hydroxyl groups is 1. The molecule has 0 bridgehead atoms. The molecule has 0 radical (unpaired) electrons. The minimum atomic E-state index is -0.857. The molecule has 7 nitrogen and oxygen atoms in total. The van der Waals surface area contributed by atoms with E-state index >= 15 is 0 Å². The lowest BCUT2D eigenvalue weighted by molar-refractivity contribution is 0.0823. The van der Waals surface area contributed by atoms with E-state index in [2.05, 4.69) is 15.3 Å². The number of aromatic nitrogens is 2. The molecule has 0 aliphatic rings. The van der Waals surface area contributed by atoms with E-state index in [0.29, 0.717) is 22.2 Å². The van der Waals surface area contributed by atoms with E-state index in [1.165, 1.54) is 11.8 Å². The van der Waals surface area contributed by atoms with E-state index in [0.717, 1.165) is 10.9 Å². The summed E-state index contributed by atoms with van der Waals surface area (Å²) in [5.74, 6) is 0.969. The molecule has 0 fully saturated rings. The maximum absolute atomic E-state index is 12.8. The summed E-state index contributed by atoms with van der Waals surface area (Å²) in [6.45, 7) is 0.107. The Hall–Kier alpha value is -3.36. The van der Waals surface area contributed by atoms with Crippen LogP contribution in [0.15, 0.2) is 82.6 Å². The summed E-state index contributed by atoms with van der Waals surface area (Å²) >= 11 is 1.42. The highest BCUT2D eigenvalue weighted by atomic mass is 32.2. The lowest BCUT2D eigenvalue weighted by Crippen LogP contribution is -2.35. The fraction of sp³-hybridized carbons (Fsp3) is 0.174. The second-order valence-electron chi connectivity index (χ2n) is 6.71. The highest BCUT2D eigenvalue weighted by Crippen LogP contribution is 2.30. The Bertz CT molecular complexity index is 1140. The SMILES string of the molecule is O=C(NCC(O)COc1ccccc1)c1oc2ccccc2c1CSc1ncccn1. The first kappa shape index (κ1) is 20.9. The van der Waals surface area contributed by atoms with Gasteiger partial charge in [0.25, 0.3) is 5.91 Å². The van der Waals surface area contributed by atoms with Crippen molar-refractivity contribution < 1.29 is 19.1 Å². The average molecular weight is 436 g/mol. The third-order valence-electron chi connectivity index (χ3n) is 4.48. The van der Waals surface area contributed by atoms with Gasteiger partial charge < -0.3 is 19.6 Å². The Kier molecular flexibility index (Phi) is 6.81. The Balaban J connectivity index is 1.42. The molecule has 1 atom stereocenters. The normalized spacial score (nSPS) is 11.9. The highest BCUT2D eigenvalue weighted by Gasteiger charge is 2.21. The predicted octanol–water partition coefficient (Wildman–Crippen LogP) is 3.68. The van der Waals surface area contributed by atoms with Gasteiger partial charge in [-0.2, -0.15) is 0 Å². The van der Waals surface area contributed by atoms with Crippen LogP contribution in [-0.2, 0) is 5.75 Å². The molecule has 2 N–H and O–H groups in total. The van der Waals surface area contributed by atoms with Crippen LogP contribution in [0, 0.1) is 0 Å². The van der Waals surface area contributed by atoms with Gasteiger partial charge in [-0.1, -0.05) is 48.2 Å². The molecule has 0 spiro atoms. The first-order valence-electron chi connectivity index (χ1n) is 9.75. The number of ether oxygens (including phenoxy) is 1. The van der Waals surface area contributed by atoms with Gasteiger partial charge in [0.05, 0.1) is 0 Å². The third kappa shape index (κ3) is 5.42. The van der Waals surface area contributed by atoms with Crippen LogP contribution < -0.4 is 10.1 Å². The fourth-order valence-corrected chi connectivity index (χ4v) is 3.81. The smallest absolute Gasteiger partial charge is 0.287 e. The molecule has 0 aliphatic carbocycles. The highest BCUT2D eigenvalue weighted by molar-refractivity contribution is 7.98. The first-order valence-corrected chi connectivity index (χ1v) is 10.7. The number of furan rings is 1. The molecule has 1 amide bonds. The Morgan fingerprint density at radius 1 is 1.06 bits per heavy atom. The van der Waals surface area contributed by atoms with Crippen LogP contribution in [0.5, 0.6) is 5.75 Å². The summed E-state index contributed by atoms with van der Waals surface area (Å²) in [6, 6.07) is 18.4. The topological polar surface area (TPSA) is 97.5 Å². The van der Waals surface area contributed by atoms with Crippen molar-refractivity contribution in [2.75, 3.05) is 13.2 Å². The summed E-state index contributed by atoms with van der Waals surface area (Å²) in [7, 11) is 0. The number of aliphatic hydroxyl groups excluding tert-OH is 1. The summed E-state index contributed by atoms with van der Waals surface area (Å²) in [6.07, 6.45) is 2.49. The van der Waals surface area contributed by atoms with Gasteiger partial charge in [0.2, 0.25) is 0 Å². The standard InChI is InChI=1S/C23H21N3O4S/c27-16(14-29-17-7-2-1-3-8-17)13-26-22(28)21-19(15-31-23-24-11-6-12-25-23)18-9-4-5-10-20(18)30-21/h1-12,16,27H,13-15H2,(H,26,28). The molecule has 2 aromatic heterocycles. The van der Waals surface area contributed by atoms with Gasteiger partial charge in [0.1, 0.15) is 24.0 Å². The summed E-state index contributed by atoms with van der Waals surface area (Å²) < 4.78 is 11.4. The Morgan fingerprint density at radius 2 is 1.81 bits per heavy atom. The number of para-hydroxylation sites is 2. The van der Waals surface area contributed by atoms with Crippen molar-refractivity contribution >= 4 is 28.6 Å². The molecule has 1 unspecified atom stereocenters. The van der Waals surface area contributed by atoms with Crippen LogP contribution in [0.3, 0.4) is 0 Å². The molecule has 0 saturated carbocycles. The zero-order valence-corrected chi connectivity index (χ0v) is 17.4. The number of hydrogen-bond donors (Lipinski definition) is 2. The van der Waals surface area contributed by atoms with E-state index in [1.54, 1.807) is 30.6 Å². The third-order valence-corrected chi connectivity index (χ3v) is 5.38. The number of carbonyl (C=O) groups is 1. The molecule has 4 rings (SSSR count). The van der Waals surface area contributed by atoms with Crippen LogP contribution in [0.2, 0.25) is 0 Å². The van der Waals surface area contributed by atoms with Gasteiger partial charge >= 0.3 is 0 Å². The monoisotopic (exact) mass is 435 g/mol. The summed E-state index contributed by atoms with van der Waals surface area (Å²) in [5, 5.41) is 14.4. The molecule has 2 aromatic carbocycles. The molecule has 158 valence electrons. The minimum Gasteiger partial charge on any atom is -0.491 e. The zero-order valence-electron chi connectivity index (χ0n) is 16.6. The zero-order chi connectivity index (χ0) is 21.5. The van der Waals surface area contributed by atoms with Crippen molar-refractivity contribution in [3.05, 3.63) is 84.4 Å². The van der Waals surface area contributed by atoms with E-state index in [4.69, 9.17) is 9.15 Å². The van der Waals surface area contributed by atoms with Gasteiger partial charge in [-0.15, -0.1) is 0 Å². The van der Waals surface area contributed by atoms with Crippen LogP contribution in [0.1, 0.15) is 16.1 Å². The lowest BCUT2D eigenvalue weighted by Gasteiger charge is -2.13. The molecule has 8 heteroatoms. The molecule has 0 saturated heterocycles. The van der Waals surface area contributed by atoms with Gasteiger partial charge in [-0.25, -0.2) is 9.97 Å². The van der Waals surface area contributed by atoms with E-state index in [-0.39, 0.29) is 24.8 Å². The number of nitrogens with one attached hydrogen (secondary N) is 1. The van der Waals surface area contributed by atoms with Gasteiger partial charge in [-0.05, 0) is 24.3 Å². The second-order valence-corrected chi connectivity index (χ2v) is 7.66. The van der Waals surface area contributed by atoms with Crippen molar-refractivity contribution in [1.82, 2.24) is 15.3 Å². The number of benzene rings is 2. The second kappa shape index (κ2) is 10.1. The van der Waals surface area contributed by atoms with Gasteiger partial charge in [-0.3, -0.25) is 4.79 Å². The Morgan fingerprint density at radius 3 is 2.61 bits per heavy atom. The van der Waals surface area contributed by atoms with Crippen molar-refractivity contribution in [2.24, 2.45) is 0 Å². The predicted molar refractivity (Wildman–Crippen MR) is 118 cm³/mol. The maximum Gasteiger partial charge on any atom is 0.287 e. The largest absolute Gasteiger partial charge is 0.491 e. The quantitative estimate of drug-likeness (QED) is 0.306. The number of carbonyl (C=O) groups excluding carboxylic acids is 1. The molecule has 2 heterocycles. The van der Waals surface area contributed by atoms with Gasteiger partial charge in [0, 0.05) is 35.6 Å². The van der Waals surface area contributed by atoms with Crippen LogP contribution in [0.25, 0.3) is 11.0 Å². The maximum atomic E-state index is 12.8. The van der Waals surface area contributed by atoms with E-state index in [9.17, 15) is 9.90 Å². The van der Waals surface area contributed by atoms with Crippen molar-refractivity contribution in [2.45, 2.75) is 17.0 Å². The molecule has 4 aromatic rings. The molecule has 0 aliphatic heterocycles. The average Bonchev–Trinajstić information content (AvgIpc) is 3.20. The van der Waals surface area contributed by atoms with E-state index < -0.39 is 6.10 Å². The summed E-state index contributed by atoms with van der Waals surface area (Å²) in [5.41, 5.74) is 1.39. The van der Waals surface area contributed by atoms with Crippen LogP contribution in [0.4, 0.5) is 0 Å². The number of thioether (sulfide) groups is 1. The number of nitrogens with zero attached hydrogens (tertiary/aromatic N) is 2. The van der Waals surface area contributed by atoms with Crippen LogP contribution >= 0.6 is 11.8 Å².